The van der Waals surface area contributed by atoms with Gasteiger partial charge in [-0.2, -0.15) is 0 Å². The first-order valence-corrected chi connectivity index (χ1v) is 7.84. The zero-order chi connectivity index (χ0) is 13.9. The molecule has 1 aliphatic rings. The highest BCUT2D eigenvalue weighted by molar-refractivity contribution is 7.18. The van der Waals surface area contributed by atoms with Gasteiger partial charge < -0.3 is 10.6 Å². The molecule has 0 atom stereocenters. The minimum absolute atomic E-state index is 0.286. The number of primary amides is 1. The highest BCUT2D eigenvalue weighted by atomic mass is 32.1. The Hall–Kier alpha value is -1.69. The highest BCUT2D eigenvalue weighted by Crippen LogP contribution is 2.25. The second-order valence-corrected chi connectivity index (χ2v) is 6.18. The van der Waals surface area contributed by atoms with Gasteiger partial charge in [-0.1, -0.05) is 11.3 Å². The van der Waals surface area contributed by atoms with Crippen LogP contribution in [0.3, 0.4) is 0 Å². The molecule has 0 aliphatic carbocycles. The van der Waals surface area contributed by atoms with Crippen molar-refractivity contribution in [1.29, 1.82) is 0 Å². The van der Waals surface area contributed by atoms with Gasteiger partial charge in [0.05, 0.1) is 5.01 Å². The molecule has 106 valence electrons. The zero-order valence-electron chi connectivity index (χ0n) is 11.3. The zero-order valence-corrected chi connectivity index (χ0v) is 12.2. The molecule has 0 bridgehead atoms. The standard InChI is InChI=1S/C14H18N4OS/c15-11(19)5-7-13-16-10-4-6-12(17-14(10)20-13)18-8-2-1-3-9-18/h4,6H,1-3,5,7-9H2,(H2,15,19). The van der Waals surface area contributed by atoms with Gasteiger partial charge in [0.1, 0.15) is 16.2 Å². The van der Waals surface area contributed by atoms with Gasteiger partial charge >= 0.3 is 0 Å². The van der Waals surface area contributed by atoms with Crippen LogP contribution in [-0.4, -0.2) is 29.0 Å². The van der Waals surface area contributed by atoms with E-state index in [0.29, 0.717) is 12.8 Å². The third-order valence-corrected chi connectivity index (χ3v) is 4.58. The molecule has 1 fully saturated rings. The SMILES string of the molecule is NC(=O)CCc1nc2ccc(N3CCCCC3)nc2s1. The van der Waals surface area contributed by atoms with Gasteiger partial charge in [-0.15, -0.1) is 0 Å². The summed E-state index contributed by atoms with van der Waals surface area (Å²) in [6, 6.07) is 4.07. The monoisotopic (exact) mass is 290 g/mol. The Bertz CT molecular complexity index is 619. The number of piperidine rings is 1. The number of carbonyl (C=O) groups excluding carboxylic acids is 1. The van der Waals surface area contributed by atoms with Crippen molar-refractivity contribution in [3.05, 3.63) is 17.1 Å². The van der Waals surface area contributed by atoms with Crippen molar-refractivity contribution in [3.8, 4) is 0 Å². The number of nitrogens with zero attached hydrogens (tertiary/aromatic N) is 3. The Kier molecular flexibility index (Phi) is 3.82. The summed E-state index contributed by atoms with van der Waals surface area (Å²) >= 11 is 1.56. The van der Waals surface area contributed by atoms with Gasteiger partial charge in [-0.25, -0.2) is 9.97 Å². The molecular weight excluding hydrogens is 272 g/mol. The van der Waals surface area contributed by atoms with Gasteiger partial charge in [0.25, 0.3) is 0 Å². The molecule has 2 aromatic heterocycles. The number of aromatic nitrogens is 2. The van der Waals surface area contributed by atoms with E-state index in [1.54, 1.807) is 11.3 Å². The van der Waals surface area contributed by atoms with E-state index in [-0.39, 0.29) is 5.91 Å². The van der Waals surface area contributed by atoms with Crippen LogP contribution in [0, 0.1) is 0 Å². The van der Waals surface area contributed by atoms with E-state index in [0.717, 1.165) is 34.3 Å². The maximum absolute atomic E-state index is 10.8. The smallest absolute Gasteiger partial charge is 0.217 e. The lowest BCUT2D eigenvalue weighted by molar-refractivity contribution is -0.117. The van der Waals surface area contributed by atoms with Crippen molar-refractivity contribution < 1.29 is 4.79 Å². The van der Waals surface area contributed by atoms with Crippen LogP contribution < -0.4 is 10.6 Å². The lowest BCUT2D eigenvalue weighted by atomic mass is 10.1. The van der Waals surface area contributed by atoms with Gasteiger partial charge in [0, 0.05) is 25.9 Å². The molecule has 0 saturated carbocycles. The number of amides is 1. The first kappa shape index (κ1) is 13.3. The number of nitrogens with two attached hydrogens (primary N) is 1. The Labute approximate surface area is 121 Å². The Morgan fingerprint density at radius 3 is 2.80 bits per heavy atom. The van der Waals surface area contributed by atoms with Crippen LogP contribution in [0.2, 0.25) is 0 Å². The molecule has 1 saturated heterocycles. The number of fused-ring (bicyclic) bond motifs is 1. The molecule has 2 aromatic rings. The van der Waals surface area contributed by atoms with Crippen LogP contribution in [-0.2, 0) is 11.2 Å². The van der Waals surface area contributed by atoms with Crippen LogP contribution in [0.5, 0.6) is 0 Å². The third kappa shape index (κ3) is 2.90. The van der Waals surface area contributed by atoms with E-state index < -0.39 is 0 Å². The van der Waals surface area contributed by atoms with Crippen molar-refractivity contribution in [2.45, 2.75) is 32.1 Å². The van der Waals surface area contributed by atoms with Crippen LogP contribution in [0.25, 0.3) is 10.3 Å². The number of anilines is 1. The van der Waals surface area contributed by atoms with E-state index in [2.05, 4.69) is 9.88 Å². The fraction of sp³-hybridized carbons (Fsp3) is 0.500. The Morgan fingerprint density at radius 1 is 1.25 bits per heavy atom. The number of aryl methyl sites for hydroxylation is 1. The molecule has 3 rings (SSSR count). The molecule has 20 heavy (non-hydrogen) atoms. The third-order valence-electron chi connectivity index (χ3n) is 3.55. The number of hydrogen-bond donors (Lipinski definition) is 1. The predicted octanol–water partition coefficient (Wildman–Crippen LogP) is 2.10. The summed E-state index contributed by atoms with van der Waals surface area (Å²) < 4.78 is 0. The second kappa shape index (κ2) is 5.75. The van der Waals surface area contributed by atoms with Crippen molar-refractivity contribution in [1.82, 2.24) is 9.97 Å². The molecule has 3 heterocycles. The van der Waals surface area contributed by atoms with Gasteiger partial charge in [-0.3, -0.25) is 4.79 Å². The first-order chi connectivity index (χ1) is 9.72. The predicted molar refractivity (Wildman–Crippen MR) is 81.0 cm³/mol. The minimum atomic E-state index is -0.286. The molecular formula is C14H18N4OS. The van der Waals surface area contributed by atoms with Gasteiger partial charge in [0.15, 0.2) is 0 Å². The van der Waals surface area contributed by atoms with Crippen LogP contribution in [0.4, 0.5) is 5.82 Å². The number of rotatable bonds is 4. The van der Waals surface area contributed by atoms with Crippen LogP contribution >= 0.6 is 11.3 Å². The summed E-state index contributed by atoms with van der Waals surface area (Å²) in [5.41, 5.74) is 6.08. The van der Waals surface area contributed by atoms with Gasteiger partial charge in [0.2, 0.25) is 5.91 Å². The Morgan fingerprint density at radius 2 is 2.05 bits per heavy atom. The quantitative estimate of drug-likeness (QED) is 0.936. The van der Waals surface area contributed by atoms with Crippen molar-refractivity contribution in [2.75, 3.05) is 18.0 Å². The summed E-state index contributed by atoms with van der Waals surface area (Å²) in [5.74, 6) is 0.758. The van der Waals surface area contributed by atoms with Crippen LogP contribution in [0.1, 0.15) is 30.7 Å². The van der Waals surface area contributed by atoms with Crippen molar-refractivity contribution in [2.24, 2.45) is 5.73 Å². The van der Waals surface area contributed by atoms with Crippen molar-refractivity contribution in [3.63, 3.8) is 0 Å². The Balaban J connectivity index is 1.81. The maximum atomic E-state index is 10.8. The number of pyridine rings is 1. The average Bonchev–Trinajstić information content (AvgIpc) is 2.88. The van der Waals surface area contributed by atoms with E-state index in [9.17, 15) is 4.79 Å². The number of carbonyl (C=O) groups is 1. The van der Waals surface area contributed by atoms with Crippen LogP contribution in [0.15, 0.2) is 12.1 Å². The first-order valence-electron chi connectivity index (χ1n) is 7.02. The highest BCUT2D eigenvalue weighted by Gasteiger charge is 2.14. The molecule has 0 radical (unpaired) electrons. The normalized spacial score (nSPS) is 15.7. The molecule has 5 nitrogen and oxygen atoms in total. The lowest BCUT2D eigenvalue weighted by Crippen LogP contribution is -2.29. The number of hydrogen-bond acceptors (Lipinski definition) is 5. The fourth-order valence-corrected chi connectivity index (χ4v) is 3.42. The average molecular weight is 290 g/mol. The minimum Gasteiger partial charge on any atom is -0.370 e. The molecule has 1 amide bonds. The summed E-state index contributed by atoms with van der Waals surface area (Å²) in [6.45, 7) is 2.18. The topological polar surface area (TPSA) is 72.1 Å². The molecule has 0 spiro atoms. The van der Waals surface area contributed by atoms with E-state index in [1.165, 1.54) is 19.3 Å². The summed E-state index contributed by atoms with van der Waals surface area (Å²) in [4.78, 5) is 23.3. The van der Waals surface area contributed by atoms with E-state index in [4.69, 9.17) is 10.7 Å². The second-order valence-electron chi connectivity index (χ2n) is 5.12. The molecule has 0 unspecified atom stereocenters. The largest absolute Gasteiger partial charge is 0.370 e. The lowest BCUT2D eigenvalue weighted by Gasteiger charge is -2.27. The molecule has 1 aliphatic heterocycles. The molecule has 2 N–H and O–H groups in total. The molecule has 0 aromatic carbocycles. The molecule has 6 heteroatoms. The maximum Gasteiger partial charge on any atom is 0.217 e. The summed E-state index contributed by atoms with van der Waals surface area (Å²) in [5, 5.41) is 0.932. The summed E-state index contributed by atoms with van der Waals surface area (Å²) in [6.07, 6.45) is 4.75. The van der Waals surface area contributed by atoms with Crippen molar-refractivity contribution >= 4 is 33.4 Å². The number of thiazole rings is 1. The van der Waals surface area contributed by atoms with E-state index >= 15 is 0 Å². The van der Waals surface area contributed by atoms with E-state index in [1.807, 2.05) is 12.1 Å². The summed E-state index contributed by atoms with van der Waals surface area (Å²) in [7, 11) is 0. The fourth-order valence-electron chi connectivity index (χ4n) is 2.49. The van der Waals surface area contributed by atoms with Gasteiger partial charge in [-0.05, 0) is 31.4 Å².